The van der Waals surface area contributed by atoms with Crippen molar-refractivity contribution >= 4 is 10.0 Å². The summed E-state index contributed by atoms with van der Waals surface area (Å²) >= 11 is 0. The van der Waals surface area contributed by atoms with Gasteiger partial charge < -0.3 is 5.32 Å². The van der Waals surface area contributed by atoms with E-state index in [-0.39, 0.29) is 16.2 Å². The Labute approximate surface area is 249 Å². The Balaban J connectivity index is -0.00000201. The quantitative estimate of drug-likeness (QED) is 0.294. The maximum absolute atomic E-state index is 16.9. The lowest BCUT2D eigenvalue weighted by atomic mass is 9.43. The largest absolute Gasteiger partial charge is 0.313 e. The second-order valence-electron chi connectivity index (χ2n) is 14.0. The molecule has 3 heteroatoms. The van der Waals surface area contributed by atoms with Crippen LogP contribution in [-0.4, -0.2) is 36.5 Å². The first-order chi connectivity index (χ1) is 17.5. The summed E-state index contributed by atoms with van der Waals surface area (Å²) in [5.41, 5.74) is 0.312. The molecule has 0 saturated heterocycles. The van der Waals surface area contributed by atoms with E-state index in [1.54, 1.807) is 0 Å². The third-order valence-corrected chi connectivity index (χ3v) is 13.1. The molecule has 0 aliphatic heterocycles. The van der Waals surface area contributed by atoms with E-state index in [9.17, 15) is 0 Å². The lowest BCUT2D eigenvalue weighted by Crippen LogP contribution is -2.71. The van der Waals surface area contributed by atoms with Crippen LogP contribution >= 0.6 is 10.0 Å². The van der Waals surface area contributed by atoms with E-state index in [1.807, 2.05) is 55.5 Å². The van der Waals surface area contributed by atoms with Gasteiger partial charge in [0.05, 0.1) is 0 Å². The fourth-order valence-corrected chi connectivity index (χ4v) is 7.78. The van der Waals surface area contributed by atoms with Crippen molar-refractivity contribution in [3.05, 3.63) is 35.4 Å². The number of benzene rings is 1. The number of aryl methyl sites for hydroxylation is 1. The van der Waals surface area contributed by atoms with E-state index < -0.39 is 26.7 Å². The standard InChI is InChI=1S/C30H56FNS.3C2H6/c1-23-18-16-17-19-24(23)22-33(14,15)21-20-29(11,31)28(9,10)30(12,32-13)27(7,8)26(5,6)25(2,3)4;3*1-2/h16-19,32H,20-22H2,1-15H3;3*1-2H3. The molecule has 1 aromatic carbocycles. The molecule has 0 aromatic heterocycles. The van der Waals surface area contributed by atoms with E-state index in [0.717, 1.165) is 11.5 Å². The van der Waals surface area contributed by atoms with Crippen LogP contribution in [0.25, 0.3) is 0 Å². The molecule has 2 atom stereocenters. The summed E-state index contributed by atoms with van der Waals surface area (Å²) in [5, 5.41) is 3.65. The van der Waals surface area contributed by atoms with Gasteiger partial charge in [0.1, 0.15) is 5.67 Å². The van der Waals surface area contributed by atoms with Crippen LogP contribution in [0.3, 0.4) is 0 Å². The normalized spacial score (nSPS) is 16.2. The zero-order chi connectivity index (χ0) is 32.3. The van der Waals surface area contributed by atoms with Crippen molar-refractivity contribution in [2.45, 2.75) is 148 Å². The first-order valence-electron chi connectivity index (χ1n) is 15.6. The zero-order valence-corrected chi connectivity index (χ0v) is 31.5. The van der Waals surface area contributed by atoms with E-state index in [1.165, 1.54) is 11.1 Å². The van der Waals surface area contributed by atoms with Crippen molar-refractivity contribution < 1.29 is 4.39 Å². The third-order valence-electron chi connectivity index (χ3n) is 10.7. The van der Waals surface area contributed by atoms with Gasteiger partial charge in [-0.2, -0.15) is 0 Å². The fraction of sp³-hybridized carbons (Fsp3) is 0.833. The van der Waals surface area contributed by atoms with E-state index in [4.69, 9.17) is 0 Å². The predicted molar refractivity (Wildman–Crippen MR) is 186 cm³/mol. The Morgan fingerprint density at radius 3 is 1.46 bits per heavy atom. The highest BCUT2D eigenvalue weighted by Gasteiger charge is 2.64. The van der Waals surface area contributed by atoms with Crippen molar-refractivity contribution in [3.63, 3.8) is 0 Å². The molecule has 0 aliphatic carbocycles. The van der Waals surface area contributed by atoms with Crippen LogP contribution in [0.1, 0.15) is 135 Å². The molecular formula is C36H74FNS. The Hall–Kier alpha value is -0.540. The van der Waals surface area contributed by atoms with Crippen LogP contribution in [-0.2, 0) is 5.75 Å². The lowest BCUT2D eigenvalue weighted by Gasteiger charge is -2.65. The van der Waals surface area contributed by atoms with Gasteiger partial charge in [0.15, 0.2) is 0 Å². The summed E-state index contributed by atoms with van der Waals surface area (Å²) in [6.07, 6.45) is 5.32. The predicted octanol–water partition coefficient (Wildman–Crippen LogP) is 11.9. The molecule has 0 fully saturated rings. The summed E-state index contributed by atoms with van der Waals surface area (Å²) in [7, 11) is 1.07. The molecule has 1 rings (SSSR count). The number of hydrogen-bond donors (Lipinski definition) is 1. The Bertz CT molecular complexity index is 799. The zero-order valence-electron chi connectivity index (χ0n) is 30.7. The van der Waals surface area contributed by atoms with Gasteiger partial charge in [-0.25, -0.2) is 14.4 Å². The molecule has 0 radical (unpaired) electrons. The minimum atomic E-state index is -1.31. The Morgan fingerprint density at radius 2 is 1.10 bits per heavy atom. The monoisotopic (exact) mass is 572 g/mol. The third kappa shape index (κ3) is 9.49. The van der Waals surface area contributed by atoms with E-state index >= 15 is 4.39 Å². The summed E-state index contributed by atoms with van der Waals surface area (Å²) in [6.45, 7) is 38.9. The second-order valence-corrected chi connectivity index (χ2v) is 18.2. The highest BCUT2D eigenvalue weighted by atomic mass is 32.3. The van der Waals surface area contributed by atoms with Gasteiger partial charge in [-0.05, 0) is 79.9 Å². The smallest absolute Gasteiger partial charge is 0.115 e. The van der Waals surface area contributed by atoms with E-state index in [0.29, 0.717) is 6.42 Å². The van der Waals surface area contributed by atoms with Crippen molar-refractivity contribution in [2.24, 2.45) is 21.7 Å². The average molecular weight is 572 g/mol. The molecule has 0 heterocycles. The highest BCUT2D eigenvalue weighted by Crippen LogP contribution is 2.63. The van der Waals surface area contributed by atoms with Gasteiger partial charge in [0.25, 0.3) is 0 Å². The van der Waals surface area contributed by atoms with Crippen LogP contribution in [0.4, 0.5) is 4.39 Å². The Kier molecular flexibility index (Phi) is 17.8. The molecular weight excluding hydrogens is 497 g/mol. The first kappa shape index (κ1) is 42.9. The molecule has 39 heavy (non-hydrogen) atoms. The first-order valence-corrected chi connectivity index (χ1v) is 18.4. The molecule has 0 aliphatic rings. The topological polar surface area (TPSA) is 12.0 Å². The molecule has 1 nitrogen and oxygen atoms in total. The van der Waals surface area contributed by atoms with Crippen molar-refractivity contribution in [3.8, 4) is 0 Å². The van der Waals surface area contributed by atoms with Gasteiger partial charge in [-0.1, -0.05) is 128 Å². The molecule has 0 saturated carbocycles. The van der Waals surface area contributed by atoms with Crippen LogP contribution in [0.2, 0.25) is 0 Å². The summed E-state index contributed by atoms with van der Waals surface area (Å²) in [5.74, 6) is 1.99. The molecule has 2 unspecified atom stereocenters. The number of alkyl halides is 1. The van der Waals surface area contributed by atoms with Crippen molar-refractivity contribution in [2.75, 3.05) is 25.3 Å². The SMILES string of the molecule is CC.CC.CC.CNC(C)(C(C)(C)C(C)(F)CCS(C)(C)Cc1ccccc1C)C(C)(C)C(C)(C)C(C)(C)C. The number of nitrogens with one attached hydrogen (secondary N) is 1. The lowest BCUT2D eigenvalue weighted by molar-refractivity contribution is -0.150. The molecule has 0 amide bonds. The molecule has 236 valence electrons. The van der Waals surface area contributed by atoms with Gasteiger partial charge in [-0.15, -0.1) is 0 Å². The average Bonchev–Trinajstić information content (AvgIpc) is 2.86. The second kappa shape index (κ2) is 16.2. The molecule has 0 bridgehead atoms. The van der Waals surface area contributed by atoms with Gasteiger partial charge in [-0.3, -0.25) is 0 Å². The number of rotatable bonds is 10. The maximum Gasteiger partial charge on any atom is 0.115 e. The maximum atomic E-state index is 16.9. The molecule has 1 N–H and O–H groups in total. The van der Waals surface area contributed by atoms with Gasteiger partial charge in [0.2, 0.25) is 0 Å². The van der Waals surface area contributed by atoms with Crippen LogP contribution in [0.5, 0.6) is 0 Å². The number of halogens is 1. The van der Waals surface area contributed by atoms with Crippen LogP contribution in [0.15, 0.2) is 24.3 Å². The van der Waals surface area contributed by atoms with Crippen molar-refractivity contribution in [1.29, 1.82) is 0 Å². The number of hydrogen-bond acceptors (Lipinski definition) is 1. The highest BCUT2D eigenvalue weighted by molar-refractivity contribution is 8.32. The van der Waals surface area contributed by atoms with Crippen molar-refractivity contribution in [1.82, 2.24) is 5.32 Å². The minimum absolute atomic E-state index is 0.0273. The van der Waals surface area contributed by atoms with E-state index in [2.05, 4.69) is 118 Å². The summed E-state index contributed by atoms with van der Waals surface area (Å²) in [6, 6.07) is 8.64. The van der Waals surface area contributed by atoms with Crippen LogP contribution in [0, 0.1) is 28.6 Å². The fourth-order valence-electron chi connectivity index (χ4n) is 5.54. The molecule has 1 aromatic rings. The molecule has 0 spiro atoms. The summed E-state index contributed by atoms with van der Waals surface area (Å²) < 4.78 is 16.9. The minimum Gasteiger partial charge on any atom is -0.313 e. The van der Waals surface area contributed by atoms with Gasteiger partial charge >= 0.3 is 0 Å². The summed E-state index contributed by atoms with van der Waals surface area (Å²) in [4.78, 5) is 0. The van der Waals surface area contributed by atoms with Crippen LogP contribution < -0.4 is 5.32 Å². The van der Waals surface area contributed by atoms with Gasteiger partial charge in [0, 0.05) is 16.7 Å². The Morgan fingerprint density at radius 1 is 0.692 bits per heavy atom.